The van der Waals surface area contributed by atoms with E-state index in [1.54, 1.807) is 31.2 Å². The Hall–Kier alpha value is -2.54. The Balaban J connectivity index is 2.68. The molecule has 134 valence electrons. The molecular formula is C18H21NO5S. The monoisotopic (exact) mass is 363 g/mol. The van der Waals surface area contributed by atoms with Gasteiger partial charge in [0.25, 0.3) is 10.0 Å². The second-order valence-electron chi connectivity index (χ2n) is 5.91. The average molecular weight is 363 g/mol. The van der Waals surface area contributed by atoms with Gasteiger partial charge in [0.2, 0.25) is 0 Å². The molecule has 2 rings (SSSR count). The number of ether oxygens (including phenoxy) is 1. The number of methoxy groups -OCH3 is 1. The topological polar surface area (TPSA) is 83.9 Å². The molecule has 0 heterocycles. The van der Waals surface area contributed by atoms with E-state index in [2.05, 4.69) is 0 Å². The van der Waals surface area contributed by atoms with Crippen molar-refractivity contribution < 1.29 is 23.1 Å². The molecule has 0 unspecified atom stereocenters. The van der Waals surface area contributed by atoms with E-state index < -0.39 is 22.5 Å². The number of hydrogen-bond donors (Lipinski definition) is 1. The molecule has 6 nitrogen and oxygen atoms in total. The van der Waals surface area contributed by atoms with Crippen molar-refractivity contribution in [1.82, 2.24) is 0 Å². The number of aliphatic carboxylic acids is 1. The van der Waals surface area contributed by atoms with Crippen LogP contribution in [0.1, 0.15) is 16.7 Å². The zero-order chi connectivity index (χ0) is 18.8. The summed E-state index contributed by atoms with van der Waals surface area (Å²) in [6, 6.07) is 9.96. The normalized spacial score (nSPS) is 11.2. The fraction of sp³-hybridized carbons (Fsp3) is 0.278. The quantitative estimate of drug-likeness (QED) is 0.853. The molecule has 0 aliphatic heterocycles. The Morgan fingerprint density at radius 2 is 1.64 bits per heavy atom. The van der Waals surface area contributed by atoms with Crippen molar-refractivity contribution in [2.45, 2.75) is 25.7 Å². The minimum atomic E-state index is -4.12. The lowest BCUT2D eigenvalue weighted by Crippen LogP contribution is -2.36. The van der Waals surface area contributed by atoms with Gasteiger partial charge in [-0.1, -0.05) is 12.1 Å². The van der Waals surface area contributed by atoms with Gasteiger partial charge in [0.1, 0.15) is 17.2 Å². The van der Waals surface area contributed by atoms with Crippen LogP contribution in [0, 0.1) is 20.8 Å². The van der Waals surface area contributed by atoms with E-state index >= 15 is 0 Å². The predicted molar refractivity (Wildman–Crippen MR) is 95.8 cm³/mol. The van der Waals surface area contributed by atoms with Crippen molar-refractivity contribution in [3.8, 4) is 5.75 Å². The van der Waals surface area contributed by atoms with Gasteiger partial charge in [0, 0.05) is 0 Å². The third-order valence-electron chi connectivity index (χ3n) is 3.66. The molecule has 0 saturated carbocycles. The zero-order valence-electron chi connectivity index (χ0n) is 14.6. The average Bonchev–Trinajstić information content (AvgIpc) is 2.51. The van der Waals surface area contributed by atoms with Crippen molar-refractivity contribution in [3.63, 3.8) is 0 Å². The van der Waals surface area contributed by atoms with E-state index in [1.807, 2.05) is 19.9 Å². The zero-order valence-corrected chi connectivity index (χ0v) is 15.4. The van der Waals surface area contributed by atoms with Gasteiger partial charge in [0.15, 0.2) is 0 Å². The second-order valence-corrected chi connectivity index (χ2v) is 7.74. The first-order chi connectivity index (χ1) is 11.6. The summed E-state index contributed by atoms with van der Waals surface area (Å²) in [6.45, 7) is 4.74. The lowest BCUT2D eigenvalue weighted by atomic mass is 10.1. The van der Waals surface area contributed by atoms with Crippen LogP contribution in [-0.4, -0.2) is 33.1 Å². The van der Waals surface area contributed by atoms with Crippen LogP contribution in [0.5, 0.6) is 5.75 Å². The lowest BCUT2D eigenvalue weighted by Gasteiger charge is -2.24. The molecule has 0 atom stereocenters. The Labute approximate surface area is 147 Å². The summed E-state index contributed by atoms with van der Waals surface area (Å²) < 4.78 is 32.5. The first kappa shape index (κ1) is 18.8. The summed E-state index contributed by atoms with van der Waals surface area (Å²) >= 11 is 0. The van der Waals surface area contributed by atoms with Crippen LogP contribution >= 0.6 is 0 Å². The molecule has 2 aromatic carbocycles. The summed E-state index contributed by atoms with van der Waals surface area (Å²) in [5.74, 6) is -1.07. The Morgan fingerprint density at radius 3 is 2.16 bits per heavy atom. The molecule has 1 N–H and O–H groups in total. The van der Waals surface area contributed by atoms with Gasteiger partial charge in [0.05, 0.1) is 12.8 Å². The summed E-state index contributed by atoms with van der Waals surface area (Å²) in [5.41, 5.74) is 2.73. The molecule has 0 amide bonds. The standard InChI is InChI=1S/C18H21NO5S/c1-12-5-6-16(24-4)17(10-12)25(22,23)19(11-18(20)21)15-8-13(2)7-14(3)9-15/h5-10H,11H2,1-4H3,(H,20,21). The van der Waals surface area contributed by atoms with Crippen molar-refractivity contribution in [2.24, 2.45) is 0 Å². The van der Waals surface area contributed by atoms with Gasteiger partial charge < -0.3 is 9.84 Å². The Morgan fingerprint density at radius 1 is 1.04 bits per heavy atom. The van der Waals surface area contributed by atoms with E-state index in [4.69, 9.17) is 4.74 Å². The number of benzene rings is 2. The molecule has 0 bridgehead atoms. The highest BCUT2D eigenvalue weighted by atomic mass is 32.2. The van der Waals surface area contributed by atoms with Gasteiger partial charge in [-0.2, -0.15) is 0 Å². The van der Waals surface area contributed by atoms with Gasteiger partial charge in [-0.05, 0) is 61.7 Å². The summed E-state index contributed by atoms with van der Waals surface area (Å²) in [6.07, 6.45) is 0. The molecule has 0 aromatic heterocycles. The summed E-state index contributed by atoms with van der Waals surface area (Å²) in [4.78, 5) is 11.3. The first-order valence-electron chi connectivity index (χ1n) is 7.62. The van der Waals surface area contributed by atoms with Crippen LogP contribution in [0.3, 0.4) is 0 Å². The van der Waals surface area contributed by atoms with E-state index in [-0.39, 0.29) is 10.6 Å². The van der Waals surface area contributed by atoms with E-state index in [0.29, 0.717) is 5.69 Å². The Kier molecular flexibility index (Phi) is 5.37. The second kappa shape index (κ2) is 7.14. The Bertz CT molecular complexity index is 885. The van der Waals surface area contributed by atoms with Crippen LogP contribution in [0.15, 0.2) is 41.3 Å². The number of carboxylic acid groups (broad SMARTS) is 1. The van der Waals surface area contributed by atoms with Crippen LogP contribution < -0.4 is 9.04 Å². The van der Waals surface area contributed by atoms with Gasteiger partial charge in [-0.25, -0.2) is 8.42 Å². The molecule has 0 fully saturated rings. The largest absolute Gasteiger partial charge is 0.495 e. The number of nitrogens with zero attached hydrogens (tertiary/aromatic N) is 1. The highest BCUT2D eigenvalue weighted by molar-refractivity contribution is 7.93. The van der Waals surface area contributed by atoms with Crippen LogP contribution in [0.25, 0.3) is 0 Å². The smallest absolute Gasteiger partial charge is 0.324 e. The number of anilines is 1. The van der Waals surface area contributed by atoms with E-state index in [1.165, 1.54) is 13.2 Å². The van der Waals surface area contributed by atoms with Crippen molar-refractivity contribution in [2.75, 3.05) is 18.0 Å². The number of carbonyl (C=O) groups is 1. The molecule has 25 heavy (non-hydrogen) atoms. The predicted octanol–water partition coefficient (Wildman–Crippen LogP) is 2.90. The molecule has 0 spiro atoms. The van der Waals surface area contributed by atoms with Crippen LogP contribution in [0.4, 0.5) is 5.69 Å². The van der Waals surface area contributed by atoms with E-state index in [9.17, 15) is 18.3 Å². The minimum absolute atomic E-state index is 0.0598. The van der Waals surface area contributed by atoms with Crippen molar-refractivity contribution in [1.29, 1.82) is 0 Å². The van der Waals surface area contributed by atoms with Crippen molar-refractivity contribution >= 4 is 21.7 Å². The SMILES string of the molecule is COc1ccc(C)cc1S(=O)(=O)N(CC(=O)O)c1cc(C)cc(C)c1. The maximum Gasteiger partial charge on any atom is 0.324 e. The number of hydrogen-bond acceptors (Lipinski definition) is 4. The first-order valence-corrected chi connectivity index (χ1v) is 9.06. The maximum absolute atomic E-state index is 13.2. The third kappa shape index (κ3) is 4.11. The van der Waals surface area contributed by atoms with E-state index in [0.717, 1.165) is 21.0 Å². The van der Waals surface area contributed by atoms with Crippen LogP contribution in [0.2, 0.25) is 0 Å². The minimum Gasteiger partial charge on any atom is -0.495 e. The molecule has 7 heteroatoms. The molecule has 0 aliphatic rings. The van der Waals surface area contributed by atoms with Crippen molar-refractivity contribution in [3.05, 3.63) is 53.1 Å². The van der Waals surface area contributed by atoms with Crippen LogP contribution in [-0.2, 0) is 14.8 Å². The summed E-state index contributed by atoms with van der Waals surface area (Å²) in [7, 11) is -2.74. The maximum atomic E-state index is 13.2. The fourth-order valence-electron chi connectivity index (χ4n) is 2.64. The number of aryl methyl sites for hydroxylation is 3. The molecular weight excluding hydrogens is 342 g/mol. The molecule has 2 aromatic rings. The van der Waals surface area contributed by atoms with Gasteiger partial charge in [-0.15, -0.1) is 0 Å². The highest BCUT2D eigenvalue weighted by Gasteiger charge is 2.30. The number of sulfonamides is 1. The highest BCUT2D eigenvalue weighted by Crippen LogP contribution is 2.31. The number of rotatable bonds is 6. The molecule has 0 saturated heterocycles. The third-order valence-corrected chi connectivity index (χ3v) is 5.46. The fourth-order valence-corrected chi connectivity index (χ4v) is 4.28. The molecule has 0 radical (unpaired) electrons. The number of carboxylic acids is 1. The van der Waals surface area contributed by atoms with Gasteiger partial charge in [-0.3, -0.25) is 9.10 Å². The molecule has 0 aliphatic carbocycles. The summed E-state index contributed by atoms with van der Waals surface area (Å²) in [5, 5.41) is 9.24. The lowest BCUT2D eigenvalue weighted by molar-refractivity contribution is -0.135. The van der Waals surface area contributed by atoms with Gasteiger partial charge >= 0.3 is 5.97 Å².